The van der Waals surface area contributed by atoms with Crippen molar-refractivity contribution in [3.8, 4) is 11.1 Å². The highest BCUT2D eigenvalue weighted by molar-refractivity contribution is 5.75. The third kappa shape index (κ3) is 3.85. The second-order valence-corrected chi connectivity index (χ2v) is 4.45. The average molecular weight is 313 g/mol. The van der Waals surface area contributed by atoms with E-state index in [4.69, 9.17) is 4.74 Å². The third-order valence-electron chi connectivity index (χ3n) is 2.87. The molecule has 0 unspecified atom stereocenters. The van der Waals surface area contributed by atoms with Crippen molar-refractivity contribution in [3.05, 3.63) is 46.5 Å². The van der Waals surface area contributed by atoms with Gasteiger partial charge in [-0.05, 0) is 23.8 Å². The molecule has 0 spiro atoms. The maximum atomic E-state index is 12.8. The van der Waals surface area contributed by atoms with Gasteiger partial charge in [0.1, 0.15) is 11.5 Å². The van der Waals surface area contributed by atoms with Gasteiger partial charge in [-0.3, -0.25) is 4.79 Å². The van der Waals surface area contributed by atoms with E-state index in [-0.39, 0.29) is 11.4 Å². The summed E-state index contributed by atoms with van der Waals surface area (Å²) in [6.45, 7) is 0.605. The molecule has 2 N–H and O–H groups in total. The quantitative estimate of drug-likeness (QED) is 0.832. The van der Waals surface area contributed by atoms with Crippen LogP contribution in [0.4, 0.5) is 19.0 Å². The minimum absolute atomic E-state index is 0.0532. The van der Waals surface area contributed by atoms with Gasteiger partial charge in [0, 0.05) is 31.5 Å². The molecular formula is C14H14F3N3O2. The number of pyridine rings is 2. The number of nitrogens with one attached hydrogen (secondary N) is 2. The summed E-state index contributed by atoms with van der Waals surface area (Å²) in [5, 5.41) is 2.80. The molecule has 0 aliphatic rings. The first kappa shape index (κ1) is 16.0. The predicted octanol–water partition coefficient (Wildman–Crippen LogP) is 2.51. The first-order valence-electron chi connectivity index (χ1n) is 6.42. The standard InChI is InChI=1S/C14H14F3N3O2/c1-22-7-6-19-13-10(9-4-5-18-12(21)8-9)2-3-11(20-13)14(15,16)17/h2-5,8H,6-7H2,1H3,(H,18,21)(H,19,20). The van der Waals surface area contributed by atoms with Gasteiger partial charge in [0.25, 0.3) is 0 Å². The summed E-state index contributed by atoms with van der Waals surface area (Å²) in [4.78, 5) is 17.4. The van der Waals surface area contributed by atoms with Crippen LogP contribution in [-0.2, 0) is 10.9 Å². The van der Waals surface area contributed by atoms with Gasteiger partial charge in [-0.1, -0.05) is 0 Å². The number of alkyl halides is 3. The largest absolute Gasteiger partial charge is 0.433 e. The lowest BCUT2D eigenvalue weighted by atomic mass is 10.1. The third-order valence-corrected chi connectivity index (χ3v) is 2.87. The first-order valence-corrected chi connectivity index (χ1v) is 6.42. The van der Waals surface area contributed by atoms with Crippen LogP contribution in [0.5, 0.6) is 0 Å². The summed E-state index contributed by atoms with van der Waals surface area (Å²) in [6.07, 6.45) is -3.11. The summed E-state index contributed by atoms with van der Waals surface area (Å²) in [7, 11) is 1.49. The van der Waals surface area contributed by atoms with Gasteiger partial charge in [-0.2, -0.15) is 13.2 Å². The van der Waals surface area contributed by atoms with E-state index >= 15 is 0 Å². The molecule has 2 aromatic rings. The van der Waals surface area contributed by atoms with E-state index in [1.165, 1.54) is 25.4 Å². The highest BCUT2D eigenvalue weighted by atomic mass is 19.4. The van der Waals surface area contributed by atoms with Gasteiger partial charge >= 0.3 is 6.18 Å². The van der Waals surface area contributed by atoms with Crippen molar-refractivity contribution in [2.45, 2.75) is 6.18 Å². The zero-order valence-corrected chi connectivity index (χ0v) is 11.7. The molecule has 5 nitrogen and oxygen atoms in total. The highest BCUT2D eigenvalue weighted by Crippen LogP contribution is 2.32. The van der Waals surface area contributed by atoms with Crippen molar-refractivity contribution in [2.24, 2.45) is 0 Å². The van der Waals surface area contributed by atoms with Crippen molar-refractivity contribution in [1.82, 2.24) is 9.97 Å². The van der Waals surface area contributed by atoms with Crippen LogP contribution in [0.15, 0.2) is 35.3 Å². The number of aromatic amines is 1. The molecule has 2 heterocycles. The topological polar surface area (TPSA) is 67.0 Å². The molecule has 2 rings (SSSR count). The van der Waals surface area contributed by atoms with Gasteiger partial charge in [0.15, 0.2) is 0 Å². The number of nitrogens with zero attached hydrogens (tertiary/aromatic N) is 1. The Morgan fingerprint density at radius 2 is 2.09 bits per heavy atom. The smallest absolute Gasteiger partial charge is 0.383 e. The fourth-order valence-corrected chi connectivity index (χ4v) is 1.87. The van der Waals surface area contributed by atoms with E-state index < -0.39 is 11.9 Å². The second-order valence-electron chi connectivity index (χ2n) is 4.45. The van der Waals surface area contributed by atoms with E-state index in [9.17, 15) is 18.0 Å². The number of anilines is 1. The van der Waals surface area contributed by atoms with Gasteiger partial charge in [0.2, 0.25) is 5.56 Å². The van der Waals surface area contributed by atoms with Crippen LogP contribution in [0.25, 0.3) is 11.1 Å². The zero-order valence-electron chi connectivity index (χ0n) is 11.7. The number of H-pyrrole nitrogens is 1. The summed E-state index contributed by atoms with van der Waals surface area (Å²) in [5.74, 6) is 0.0532. The normalized spacial score (nSPS) is 11.5. The number of halogens is 3. The molecule has 0 saturated heterocycles. The number of aromatic nitrogens is 2. The number of ether oxygens (including phenoxy) is 1. The fourth-order valence-electron chi connectivity index (χ4n) is 1.87. The molecule has 0 aromatic carbocycles. The lowest BCUT2D eigenvalue weighted by Gasteiger charge is -2.14. The summed E-state index contributed by atoms with van der Waals surface area (Å²) < 4.78 is 43.2. The monoisotopic (exact) mass is 313 g/mol. The Hall–Kier alpha value is -2.35. The summed E-state index contributed by atoms with van der Waals surface area (Å²) in [5.41, 5.74) is -0.457. The van der Waals surface area contributed by atoms with Crippen LogP contribution in [0.3, 0.4) is 0 Å². The minimum atomic E-state index is -4.54. The lowest BCUT2D eigenvalue weighted by molar-refractivity contribution is -0.141. The Bertz CT molecular complexity index is 698. The maximum absolute atomic E-state index is 12.8. The Balaban J connectivity index is 2.45. The zero-order chi connectivity index (χ0) is 16.2. The maximum Gasteiger partial charge on any atom is 0.433 e. The molecule has 0 aliphatic carbocycles. The Morgan fingerprint density at radius 1 is 1.32 bits per heavy atom. The Morgan fingerprint density at radius 3 is 2.73 bits per heavy atom. The number of rotatable bonds is 5. The fraction of sp³-hybridized carbons (Fsp3) is 0.286. The SMILES string of the molecule is COCCNc1nc(C(F)(F)F)ccc1-c1cc[nH]c(=O)c1. The Kier molecular flexibility index (Phi) is 4.81. The number of hydrogen-bond donors (Lipinski definition) is 2. The molecule has 0 radical (unpaired) electrons. The molecule has 118 valence electrons. The summed E-state index contributed by atoms with van der Waals surface area (Å²) in [6, 6.07) is 5.07. The van der Waals surface area contributed by atoms with E-state index in [0.717, 1.165) is 6.07 Å². The average Bonchev–Trinajstić information content (AvgIpc) is 2.46. The van der Waals surface area contributed by atoms with Crippen LogP contribution in [0.2, 0.25) is 0 Å². The highest BCUT2D eigenvalue weighted by Gasteiger charge is 2.33. The van der Waals surface area contributed by atoms with Crippen LogP contribution in [0.1, 0.15) is 5.69 Å². The van der Waals surface area contributed by atoms with Crippen LogP contribution >= 0.6 is 0 Å². The van der Waals surface area contributed by atoms with Gasteiger partial charge in [0.05, 0.1) is 6.61 Å². The van der Waals surface area contributed by atoms with E-state index in [0.29, 0.717) is 24.3 Å². The van der Waals surface area contributed by atoms with E-state index in [2.05, 4.69) is 15.3 Å². The van der Waals surface area contributed by atoms with E-state index in [1.54, 1.807) is 6.07 Å². The van der Waals surface area contributed by atoms with Crippen LogP contribution in [0, 0.1) is 0 Å². The van der Waals surface area contributed by atoms with E-state index in [1.807, 2.05) is 0 Å². The van der Waals surface area contributed by atoms with Crippen molar-refractivity contribution in [2.75, 3.05) is 25.6 Å². The minimum Gasteiger partial charge on any atom is -0.383 e. The van der Waals surface area contributed by atoms with Crippen molar-refractivity contribution in [1.29, 1.82) is 0 Å². The second kappa shape index (κ2) is 6.61. The number of methoxy groups -OCH3 is 1. The predicted molar refractivity (Wildman–Crippen MR) is 75.7 cm³/mol. The summed E-state index contributed by atoms with van der Waals surface area (Å²) >= 11 is 0. The van der Waals surface area contributed by atoms with Crippen molar-refractivity contribution in [3.63, 3.8) is 0 Å². The lowest BCUT2D eigenvalue weighted by Crippen LogP contribution is -2.14. The molecular weight excluding hydrogens is 299 g/mol. The van der Waals surface area contributed by atoms with Crippen LogP contribution in [-0.4, -0.2) is 30.2 Å². The first-order chi connectivity index (χ1) is 10.4. The molecule has 8 heteroatoms. The van der Waals surface area contributed by atoms with Crippen molar-refractivity contribution < 1.29 is 17.9 Å². The molecule has 0 fully saturated rings. The van der Waals surface area contributed by atoms with Crippen molar-refractivity contribution >= 4 is 5.82 Å². The van der Waals surface area contributed by atoms with Gasteiger partial charge in [-0.15, -0.1) is 0 Å². The molecule has 0 saturated carbocycles. The molecule has 0 amide bonds. The molecule has 22 heavy (non-hydrogen) atoms. The number of hydrogen-bond acceptors (Lipinski definition) is 4. The molecule has 0 aliphatic heterocycles. The molecule has 0 bridgehead atoms. The van der Waals surface area contributed by atoms with Gasteiger partial charge in [-0.25, -0.2) is 4.98 Å². The molecule has 0 atom stereocenters. The molecule has 2 aromatic heterocycles. The van der Waals surface area contributed by atoms with Gasteiger partial charge < -0.3 is 15.0 Å². The van der Waals surface area contributed by atoms with Crippen LogP contribution < -0.4 is 10.9 Å². The Labute approximate surface area is 124 Å².